The van der Waals surface area contributed by atoms with Crippen LogP contribution in [-0.2, 0) is 0 Å². The average molecular weight is 666 g/mol. The molecule has 0 unspecified atom stereocenters. The molecule has 0 atom stereocenters. The summed E-state index contributed by atoms with van der Waals surface area (Å²) in [5.74, 6) is -1.92. The van der Waals surface area contributed by atoms with Crippen LogP contribution in [0.3, 0.4) is 0 Å². The molecule has 0 radical (unpaired) electrons. The van der Waals surface area contributed by atoms with E-state index in [4.69, 9.17) is 9.15 Å². The smallest absolute Gasteiger partial charge is 0.341 e. The van der Waals surface area contributed by atoms with Crippen LogP contribution in [0.5, 0.6) is 11.5 Å². The molecule has 1 saturated heterocycles. The Labute approximate surface area is 277 Å². The molecule has 0 aliphatic carbocycles. The molecule has 10 nitrogen and oxygen atoms in total. The van der Waals surface area contributed by atoms with Crippen LogP contribution in [-0.4, -0.2) is 65.0 Å². The number of aromatic hydroxyl groups is 1. The molecule has 248 valence electrons. The second-order valence-corrected chi connectivity index (χ2v) is 11.7. The summed E-state index contributed by atoms with van der Waals surface area (Å²) in [4.78, 5) is 41.9. The van der Waals surface area contributed by atoms with Gasteiger partial charge in [-0.2, -0.15) is 0 Å². The minimum absolute atomic E-state index is 0.0907. The number of ether oxygens (including phenoxy) is 1. The van der Waals surface area contributed by atoms with E-state index in [0.29, 0.717) is 78.4 Å². The van der Waals surface area contributed by atoms with E-state index in [0.717, 1.165) is 6.07 Å². The van der Waals surface area contributed by atoms with Gasteiger partial charge in [-0.05, 0) is 66.2 Å². The number of carboxylic acids is 1. The van der Waals surface area contributed by atoms with Crippen molar-refractivity contribution in [1.82, 2.24) is 9.47 Å². The highest BCUT2D eigenvalue weighted by Crippen LogP contribution is 2.29. The lowest BCUT2D eigenvalue weighted by Crippen LogP contribution is -2.47. The lowest BCUT2D eigenvalue weighted by atomic mass is 10.1. The molecule has 0 saturated carbocycles. The number of rotatable bonds is 8. The van der Waals surface area contributed by atoms with E-state index in [1.807, 2.05) is 4.90 Å². The molecule has 1 fully saturated rings. The molecule has 6 aromatic rings. The van der Waals surface area contributed by atoms with Crippen molar-refractivity contribution in [3.05, 3.63) is 129 Å². The Hall–Kier alpha value is -6.01. The van der Waals surface area contributed by atoms with E-state index >= 15 is 4.39 Å². The SMILES string of the molecule is O=C(O)c1cn(-c2ccc(F)cc2)c2cc(N3CCN(CCOc4ccc5c(=O)c(-c6ccc(O)cc6)coc5c4)CC3)c(F)cc2c1=O. The molecule has 0 bridgehead atoms. The minimum atomic E-state index is -1.44. The Balaban J connectivity index is 1.03. The number of anilines is 1. The van der Waals surface area contributed by atoms with E-state index in [1.54, 1.807) is 30.3 Å². The number of fused-ring (bicyclic) bond motifs is 2. The summed E-state index contributed by atoms with van der Waals surface area (Å²) in [6.07, 6.45) is 2.58. The summed E-state index contributed by atoms with van der Waals surface area (Å²) in [6.45, 7) is 3.15. The highest BCUT2D eigenvalue weighted by Gasteiger charge is 2.23. The van der Waals surface area contributed by atoms with Crippen LogP contribution in [0.2, 0.25) is 0 Å². The lowest BCUT2D eigenvalue weighted by molar-refractivity contribution is 0.0695. The van der Waals surface area contributed by atoms with Gasteiger partial charge in [-0.25, -0.2) is 13.6 Å². The molecule has 1 aliphatic rings. The maximum atomic E-state index is 15.5. The van der Waals surface area contributed by atoms with Gasteiger partial charge in [0.05, 0.1) is 22.2 Å². The number of aromatic carboxylic acids is 1. The average Bonchev–Trinajstić information content (AvgIpc) is 3.10. The molecule has 2 N–H and O–H groups in total. The van der Waals surface area contributed by atoms with E-state index in [2.05, 4.69) is 4.90 Å². The Morgan fingerprint density at radius 2 is 1.59 bits per heavy atom. The molecular formula is C37H29F2N3O7. The fourth-order valence-corrected chi connectivity index (χ4v) is 6.09. The zero-order valence-corrected chi connectivity index (χ0v) is 25.9. The van der Waals surface area contributed by atoms with Gasteiger partial charge in [-0.1, -0.05) is 12.1 Å². The van der Waals surface area contributed by atoms with Gasteiger partial charge in [0.25, 0.3) is 0 Å². The molecule has 1 aliphatic heterocycles. The van der Waals surface area contributed by atoms with Gasteiger partial charge in [0, 0.05) is 56.1 Å². The minimum Gasteiger partial charge on any atom is -0.508 e. The standard InChI is InChI=1S/C37H29F2N3O7/c38-23-3-5-24(6-4-23)42-20-29(37(46)47)36(45)28-18-31(39)33(19-32(28)42)41-13-11-40(12-14-41)15-16-48-26-9-10-27-34(17-26)49-21-30(35(27)44)22-1-7-25(43)8-2-22/h1-10,17-21,43H,11-16H2,(H,46,47). The van der Waals surface area contributed by atoms with Crippen molar-refractivity contribution in [1.29, 1.82) is 0 Å². The van der Waals surface area contributed by atoms with Gasteiger partial charge in [0.1, 0.15) is 47.1 Å². The fraction of sp³-hybridized carbons (Fsp3) is 0.162. The first-order valence-electron chi connectivity index (χ1n) is 15.5. The number of carbonyl (C=O) groups is 1. The maximum absolute atomic E-state index is 15.5. The molecule has 0 amide bonds. The number of hydrogen-bond donors (Lipinski definition) is 2. The Morgan fingerprint density at radius 1 is 0.857 bits per heavy atom. The number of pyridine rings is 1. The fourth-order valence-electron chi connectivity index (χ4n) is 6.09. The van der Waals surface area contributed by atoms with E-state index in [1.165, 1.54) is 59.5 Å². The van der Waals surface area contributed by atoms with E-state index < -0.39 is 28.6 Å². The summed E-state index contributed by atoms with van der Waals surface area (Å²) in [6, 6.07) is 19.3. The van der Waals surface area contributed by atoms with Crippen molar-refractivity contribution in [3.8, 4) is 28.3 Å². The monoisotopic (exact) mass is 665 g/mol. The highest BCUT2D eigenvalue weighted by molar-refractivity contribution is 5.94. The maximum Gasteiger partial charge on any atom is 0.341 e. The van der Waals surface area contributed by atoms with E-state index in [-0.39, 0.29) is 22.3 Å². The second-order valence-electron chi connectivity index (χ2n) is 11.7. The molecule has 49 heavy (non-hydrogen) atoms. The van der Waals surface area contributed by atoms with Crippen LogP contribution in [0.1, 0.15) is 10.4 Å². The Kier molecular flexibility index (Phi) is 8.31. The summed E-state index contributed by atoms with van der Waals surface area (Å²) in [5.41, 5.74) is 0.892. The first-order valence-corrected chi connectivity index (χ1v) is 15.5. The Bertz CT molecular complexity index is 2330. The van der Waals surface area contributed by atoms with Crippen molar-refractivity contribution in [2.75, 3.05) is 44.2 Å². The van der Waals surface area contributed by atoms with Gasteiger partial charge < -0.3 is 28.8 Å². The van der Waals surface area contributed by atoms with Gasteiger partial charge >= 0.3 is 5.97 Å². The number of phenols is 1. The summed E-state index contributed by atoms with van der Waals surface area (Å²) in [7, 11) is 0. The third kappa shape index (κ3) is 6.21. The molecule has 7 rings (SSSR count). The predicted molar refractivity (Wildman–Crippen MR) is 180 cm³/mol. The summed E-state index contributed by atoms with van der Waals surface area (Å²) >= 11 is 0. The van der Waals surface area contributed by atoms with Crippen molar-refractivity contribution in [2.24, 2.45) is 0 Å². The number of benzene rings is 4. The summed E-state index contributed by atoms with van der Waals surface area (Å²) < 4.78 is 42.3. The van der Waals surface area contributed by atoms with Gasteiger partial charge in [-0.3, -0.25) is 14.5 Å². The largest absolute Gasteiger partial charge is 0.508 e. The first-order chi connectivity index (χ1) is 23.7. The molecule has 0 spiro atoms. The Morgan fingerprint density at radius 3 is 2.31 bits per heavy atom. The van der Waals surface area contributed by atoms with E-state index in [9.17, 15) is 29.0 Å². The normalized spacial score (nSPS) is 13.6. The van der Waals surface area contributed by atoms with Crippen LogP contribution in [0.15, 0.2) is 105 Å². The number of phenolic OH excluding ortho intramolecular Hbond substituents is 1. The third-order valence-corrected chi connectivity index (χ3v) is 8.72. The van der Waals surface area contributed by atoms with Crippen LogP contribution in [0, 0.1) is 11.6 Å². The number of aromatic nitrogens is 1. The van der Waals surface area contributed by atoms with Gasteiger partial charge in [0.2, 0.25) is 5.43 Å². The lowest BCUT2D eigenvalue weighted by Gasteiger charge is -2.36. The summed E-state index contributed by atoms with van der Waals surface area (Å²) in [5, 5.41) is 19.5. The number of hydrogen-bond acceptors (Lipinski definition) is 8. The van der Waals surface area contributed by atoms with Crippen LogP contribution < -0.4 is 20.5 Å². The zero-order valence-electron chi connectivity index (χ0n) is 25.9. The van der Waals surface area contributed by atoms with Crippen LogP contribution >= 0.6 is 0 Å². The highest BCUT2D eigenvalue weighted by atomic mass is 19.1. The molecule has 12 heteroatoms. The van der Waals surface area contributed by atoms with Gasteiger partial charge in [0.15, 0.2) is 5.43 Å². The van der Waals surface area contributed by atoms with Gasteiger partial charge in [-0.15, -0.1) is 0 Å². The van der Waals surface area contributed by atoms with Crippen molar-refractivity contribution >= 4 is 33.5 Å². The topological polar surface area (TPSA) is 125 Å². The number of nitrogens with zero attached hydrogens (tertiary/aromatic N) is 3. The third-order valence-electron chi connectivity index (χ3n) is 8.72. The van der Waals surface area contributed by atoms with Crippen molar-refractivity contribution in [2.45, 2.75) is 0 Å². The predicted octanol–water partition coefficient (Wildman–Crippen LogP) is 5.65. The second kappa shape index (κ2) is 12.9. The molecular weight excluding hydrogens is 636 g/mol. The molecule has 4 aromatic carbocycles. The van der Waals surface area contributed by atoms with Crippen molar-refractivity contribution < 1.29 is 32.9 Å². The van der Waals surface area contributed by atoms with Crippen LogP contribution in [0.4, 0.5) is 14.5 Å². The molecule has 2 aromatic heterocycles. The zero-order chi connectivity index (χ0) is 34.2. The number of carboxylic acid groups (broad SMARTS) is 1. The van der Waals surface area contributed by atoms with Crippen molar-refractivity contribution in [3.63, 3.8) is 0 Å². The number of piperazine rings is 1. The quantitative estimate of drug-likeness (QED) is 0.212. The molecule has 3 heterocycles. The van der Waals surface area contributed by atoms with Crippen LogP contribution in [0.25, 0.3) is 38.7 Å². The number of halogens is 2. The first kappa shape index (κ1) is 31.6.